The van der Waals surface area contributed by atoms with Crippen LogP contribution in [0, 0.1) is 11.3 Å². The van der Waals surface area contributed by atoms with Gasteiger partial charge in [0, 0.05) is 26.1 Å². The van der Waals surface area contributed by atoms with Crippen molar-refractivity contribution in [1.29, 1.82) is 5.26 Å². The molecule has 1 aromatic rings. The second-order valence-corrected chi connectivity index (χ2v) is 10.4. The maximum Gasteiger partial charge on any atom is 0.422 e. The monoisotopic (exact) mass is 561 g/mol. The van der Waals surface area contributed by atoms with Gasteiger partial charge in [-0.3, -0.25) is 14.5 Å². The number of aromatic nitrogens is 2. The van der Waals surface area contributed by atoms with Gasteiger partial charge in [0.15, 0.2) is 0 Å². The number of fused-ring (bicyclic) bond motifs is 1. The number of allylic oxidation sites excluding steroid dienone is 6. The molecule has 220 valence electrons. The standard InChI is InChI=1S/C20H31F3N4O2.C10H11N/c1-4-6-7-12-27(11-5-2)16(28)10-13-26(3)15-9-8-14-17(20(21,22)23)19(29)25-24-18(14)15;1-9-4-2-3-5-10(8-11)7-6-9/h15H,4-13H2,1-3H3,(H,25,29);3,5-7H,2,4H2,1H3/b;5-3-,9-6-,10-7+. The van der Waals surface area contributed by atoms with E-state index in [4.69, 9.17) is 5.26 Å². The van der Waals surface area contributed by atoms with Gasteiger partial charge in [-0.15, -0.1) is 0 Å². The van der Waals surface area contributed by atoms with Gasteiger partial charge in [-0.05, 0) is 70.2 Å². The van der Waals surface area contributed by atoms with E-state index in [-0.39, 0.29) is 29.6 Å². The zero-order valence-corrected chi connectivity index (χ0v) is 24.1. The van der Waals surface area contributed by atoms with Crippen LogP contribution in [-0.2, 0) is 17.4 Å². The zero-order chi connectivity index (χ0) is 29.7. The number of hydrogen-bond donors (Lipinski definition) is 1. The Morgan fingerprint density at radius 1 is 1.15 bits per heavy atom. The SMILES string of the molecule is C/C1=C/C=C(C#N)\C=C/CC1.CCCCCN(CCC)C(=O)CCN(C)C1CCc2c1n[nH]c(=O)c2C(F)(F)F. The van der Waals surface area contributed by atoms with Gasteiger partial charge in [-0.2, -0.15) is 23.5 Å². The zero-order valence-electron chi connectivity index (χ0n) is 24.1. The van der Waals surface area contributed by atoms with Crippen LogP contribution in [0.2, 0.25) is 0 Å². The topological polar surface area (TPSA) is 93.1 Å². The van der Waals surface area contributed by atoms with Gasteiger partial charge in [0.25, 0.3) is 5.56 Å². The van der Waals surface area contributed by atoms with E-state index >= 15 is 0 Å². The molecule has 1 heterocycles. The molecule has 2 aliphatic carbocycles. The van der Waals surface area contributed by atoms with Gasteiger partial charge in [0.2, 0.25) is 5.91 Å². The average Bonchev–Trinajstić information content (AvgIpc) is 3.32. The quantitative estimate of drug-likeness (QED) is 0.341. The Morgan fingerprint density at radius 2 is 1.90 bits per heavy atom. The lowest BCUT2D eigenvalue weighted by molar-refractivity contribution is -0.139. The van der Waals surface area contributed by atoms with Gasteiger partial charge in [0.1, 0.15) is 5.56 Å². The van der Waals surface area contributed by atoms with Crippen molar-refractivity contribution in [2.24, 2.45) is 0 Å². The van der Waals surface area contributed by atoms with Crippen molar-refractivity contribution in [2.75, 3.05) is 26.7 Å². The molecule has 0 radical (unpaired) electrons. The van der Waals surface area contributed by atoms with Crippen LogP contribution in [0.15, 0.2) is 40.2 Å². The van der Waals surface area contributed by atoms with Crippen molar-refractivity contribution >= 4 is 5.91 Å². The van der Waals surface area contributed by atoms with E-state index in [1.54, 1.807) is 7.05 Å². The minimum absolute atomic E-state index is 0.0170. The molecule has 2 aliphatic rings. The summed E-state index contributed by atoms with van der Waals surface area (Å²) in [7, 11) is 1.79. The lowest BCUT2D eigenvalue weighted by Crippen LogP contribution is -2.36. The number of unbranched alkanes of at least 4 members (excludes halogenated alkanes) is 2. The first-order valence-electron chi connectivity index (χ1n) is 14.1. The van der Waals surface area contributed by atoms with E-state index in [1.165, 1.54) is 5.57 Å². The van der Waals surface area contributed by atoms with E-state index in [9.17, 15) is 22.8 Å². The molecule has 0 fully saturated rings. The number of alkyl halides is 3. The molecule has 1 N–H and O–H groups in total. The Hall–Kier alpha value is -3.19. The summed E-state index contributed by atoms with van der Waals surface area (Å²) in [6.07, 6.45) is 10.2. The highest BCUT2D eigenvalue weighted by molar-refractivity contribution is 5.76. The number of rotatable bonds is 10. The fourth-order valence-electron chi connectivity index (χ4n) is 4.91. The summed E-state index contributed by atoms with van der Waals surface area (Å²) in [4.78, 5) is 28.0. The number of carbonyl (C=O) groups excluding carboxylic acids is 1. The average molecular weight is 562 g/mol. The molecule has 0 bridgehead atoms. The van der Waals surface area contributed by atoms with Gasteiger partial charge >= 0.3 is 6.18 Å². The highest BCUT2D eigenvalue weighted by Gasteiger charge is 2.42. The van der Waals surface area contributed by atoms with Crippen molar-refractivity contribution in [3.8, 4) is 6.07 Å². The summed E-state index contributed by atoms with van der Waals surface area (Å²) < 4.78 is 39.8. The Balaban J connectivity index is 0.000000425. The van der Waals surface area contributed by atoms with Crippen LogP contribution >= 0.6 is 0 Å². The molecule has 1 atom stereocenters. The third-order valence-electron chi connectivity index (χ3n) is 7.15. The first kappa shape index (κ1) is 33.0. The molecular weight excluding hydrogens is 519 g/mol. The summed E-state index contributed by atoms with van der Waals surface area (Å²) in [6, 6.07) is 1.78. The highest BCUT2D eigenvalue weighted by Crippen LogP contribution is 2.39. The first-order valence-corrected chi connectivity index (χ1v) is 14.1. The van der Waals surface area contributed by atoms with Crippen molar-refractivity contribution in [2.45, 2.75) is 90.8 Å². The van der Waals surface area contributed by atoms with Crippen LogP contribution in [0.4, 0.5) is 13.2 Å². The Kier molecular flexibility index (Phi) is 13.3. The van der Waals surface area contributed by atoms with Crippen molar-refractivity contribution in [3.05, 3.63) is 62.6 Å². The van der Waals surface area contributed by atoms with Crippen molar-refractivity contribution in [3.63, 3.8) is 0 Å². The number of carbonyl (C=O) groups is 1. The molecule has 40 heavy (non-hydrogen) atoms. The van der Waals surface area contributed by atoms with E-state index in [1.807, 2.05) is 46.1 Å². The smallest absolute Gasteiger partial charge is 0.343 e. The number of nitrogens with zero attached hydrogens (tertiary/aromatic N) is 4. The van der Waals surface area contributed by atoms with Gasteiger partial charge in [-0.1, -0.05) is 44.4 Å². The third-order valence-corrected chi connectivity index (χ3v) is 7.15. The van der Waals surface area contributed by atoms with Crippen LogP contribution < -0.4 is 5.56 Å². The van der Waals surface area contributed by atoms with E-state index in [0.29, 0.717) is 19.4 Å². The second-order valence-electron chi connectivity index (χ2n) is 10.4. The fraction of sp³-hybridized carbons (Fsp3) is 0.600. The predicted molar refractivity (Wildman–Crippen MR) is 150 cm³/mol. The normalized spacial score (nSPS) is 20.0. The summed E-state index contributed by atoms with van der Waals surface area (Å²) >= 11 is 0. The van der Waals surface area contributed by atoms with Crippen LogP contribution in [-0.4, -0.2) is 52.6 Å². The predicted octanol–water partition coefficient (Wildman–Crippen LogP) is 6.26. The molecular formula is C30H42F3N5O2. The summed E-state index contributed by atoms with van der Waals surface area (Å²) in [5.41, 5.74) is -0.0143. The van der Waals surface area contributed by atoms with Crippen LogP contribution in [0.25, 0.3) is 0 Å². The van der Waals surface area contributed by atoms with Crippen molar-refractivity contribution < 1.29 is 18.0 Å². The van der Waals surface area contributed by atoms with Crippen LogP contribution in [0.1, 0.15) is 95.0 Å². The molecule has 0 aromatic carbocycles. The molecule has 3 rings (SSSR count). The highest BCUT2D eigenvalue weighted by atomic mass is 19.4. The van der Waals surface area contributed by atoms with Crippen LogP contribution in [0.3, 0.4) is 0 Å². The minimum atomic E-state index is -4.71. The maximum absolute atomic E-state index is 13.3. The molecule has 1 unspecified atom stereocenters. The lowest BCUT2D eigenvalue weighted by Gasteiger charge is -2.27. The minimum Gasteiger partial charge on any atom is -0.343 e. The maximum atomic E-state index is 13.3. The number of hydrogen-bond acceptors (Lipinski definition) is 5. The molecule has 0 aliphatic heterocycles. The Morgan fingerprint density at radius 3 is 2.55 bits per heavy atom. The number of aromatic amines is 1. The number of amides is 1. The lowest BCUT2D eigenvalue weighted by atomic mass is 10.1. The molecule has 10 heteroatoms. The molecule has 0 spiro atoms. The molecule has 7 nitrogen and oxygen atoms in total. The summed E-state index contributed by atoms with van der Waals surface area (Å²) in [6.45, 7) is 8.13. The van der Waals surface area contributed by atoms with Gasteiger partial charge in [-0.25, -0.2) is 5.10 Å². The largest absolute Gasteiger partial charge is 0.422 e. The number of nitrogens with one attached hydrogen (secondary N) is 1. The second kappa shape index (κ2) is 16.2. The first-order chi connectivity index (χ1) is 19.0. The fourth-order valence-corrected chi connectivity index (χ4v) is 4.91. The van der Waals surface area contributed by atoms with Gasteiger partial charge in [0.05, 0.1) is 23.4 Å². The molecule has 0 saturated heterocycles. The Bertz CT molecular complexity index is 1180. The van der Waals surface area contributed by atoms with E-state index in [0.717, 1.165) is 57.2 Å². The molecule has 0 saturated carbocycles. The van der Waals surface area contributed by atoms with E-state index < -0.39 is 17.3 Å². The molecule has 1 amide bonds. The summed E-state index contributed by atoms with van der Waals surface area (Å²) in [5.74, 6) is 0.0680. The number of H-pyrrole nitrogens is 1. The number of nitriles is 1. The van der Waals surface area contributed by atoms with Crippen LogP contribution in [0.5, 0.6) is 0 Å². The third kappa shape index (κ3) is 9.77. The molecule has 1 aromatic heterocycles. The van der Waals surface area contributed by atoms with E-state index in [2.05, 4.69) is 25.0 Å². The van der Waals surface area contributed by atoms with Crippen molar-refractivity contribution in [1.82, 2.24) is 20.0 Å². The summed E-state index contributed by atoms with van der Waals surface area (Å²) in [5, 5.41) is 14.5. The number of halogens is 3. The van der Waals surface area contributed by atoms with Gasteiger partial charge < -0.3 is 4.90 Å². The Labute approximate surface area is 235 Å².